The number of hydrogen-bond donors (Lipinski definition) is 2. The number of ether oxygens (including phenoxy) is 1. The first-order valence-corrected chi connectivity index (χ1v) is 6.70. The first kappa shape index (κ1) is 15.0. The van der Waals surface area contributed by atoms with Crippen molar-refractivity contribution in [2.45, 2.75) is 19.3 Å². The molecule has 0 aliphatic heterocycles. The summed E-state index contributed by atoms with van der Waals surface area (Å²) in [5.74, 6) is -0.915. The smallest absolute Gasteiger partial charge is 0.335 e. The van der Waals surface area contributed by atoms with E-state index in [9.17, 15) is 4.79 Å². The molecule has 0 aliphatic rings. The summed E-state index contributed by atoms with van der Waals surface area (Å²) >= 11 is 3.36. The Hall–Kier alpha value is -1.07. The molecule has 0 amide bonds. The SMILES string of the molecule is COCCCCCNc1ccc(C(=O)O)cc1Br. The van der Waals surface area contributed by atoms with Crippen molar-refractivity contribution < 1.29 is 14.6 Å². The Morgan fingerprint density at radius 3 is 2.78 bits per heavy atom. The van der Waals surface area contributed by atoms with Crippen LogP contribution in [0.25, 0.3) is 0 Å². The Kier molecular flexibility index (Phi) is 6.75. The molecule has 4 nitrogen and oxygen atoms in total. The monoisotopic (exact) mass is 315 g/mol. The molecule has 0 saturated heterocycles. The third-order valence-corrected chi connectivity index (χ3v) is 3.21. The molecule has 18 heavy (non-hydrogen) atoms. The van der Waals surface area contributed by atoms with Gasteiger partial charge in [0.05, 0.1) is 5.56 Å². The molecule has 0 fully saturated rings. The molecule has 0 aromatic heterocycles. The van der Waals surface area contributed by atoms with Gasteiger partial charge in [-0.1, -0.05) is 0 Å². The predicted molar refractivity (Wildman–Crippen MR) is 75.3 cm³/mol. The number of rotatable bonds is 8. The van der Waals surface area contributed by atoms with Crippen LogP contribution in [0, 0.1) is 0 Å². The normalized spacial score (nSPS) is 10.3. The van der Waals surface area contributed by atoms with Crippen molar-refractivity contribution in [3.05, 3.63) is 28.2 Å². The molecule has 0 atom stereocenters. The highest BCUT2D eigenvalue weighted by Gasteiger charge is 2.05. The van der Waals surface area contributed by atoms with Crippen LogP contribution in [0.15, 0.2) is 22.7 Å². The third-order valence-electron chi connectivity index (χ3n) is 2.56. The minimum absolute atomic E-state index is 0.285. The zero-order valence-electron chi connectivity index (χ0n) is 10.4. The van der Waals surface area contributed by atoms with Crippen LogP contribution in [0.4, 0.5) is 5.69 Å². The number of unbranched alkanes of at least 4 members (excludes halogenated alkanes) is 2. The summed E-state index contributed by atoms with van der Waals surface area (Å²) in [4.78, 5) is 10.8. The van der Waals surface area contributed by atoms with Crippen molar-refractivity contribution in [2.75, 3.05) is 25.6 Å². The fourth-order valence-electron chi connectivity index (χ4n) is 1.56. The van der Waals surface area contributed by atoms with Crippen molar-refractivity contribution in [3.8, 4) is 0 Å². The Bertz CT molecular complexity index is 396. The number of nitrogens with one attached hydrogen (secondary N) is 1. The minimum Gasteiger partial charge on any atom is -0.478 e. The van der Waals surface area contributed by atoms with Gasteiger partial charge < -0.3 is 15.2 Å². The van der Waals surface area contributed by atoms with Crippen LogP contribution in [-0.2, 0) is 4.74 Å². The molecule has 0 heterocycles. The molecule has 5 heteroatoms. The lowest BCUT2D eigenvalue weighted by Gasteiger charge is -2.09. The molecule has 0 bridgehead atoms. The molecule has 1 rings (SSSR count). The van der Waals surface area contributed by atoms with E-state index >= 15 is 0 Å². The Morgan fingerprint density at radius 1 is 1.39 bits per heavy atom. The number of methoxy groups -OCH3 is 1. The number of carbonyl (C=O) groups is 1. The van der Waals surface area contributed by atoms with Gasteiger partial charge in [0.1, 0.15) is 0 Å². The summed E-state index contributed by atoms with van der Waals surface area (Å²) < 4.78 is 5.75. The van der Waals surface area contributed by atoms with Crippen LogP contribution in [-0.4, -0.2) is 31.3 Å². The highest BCUT2D eigenvalue weighted by Crippen LogP contribution is 2.23. The molecule has 2 N–H and O–H groups in total. The Balaban J connectivity index is 2.36. The van der Waals surface area contributed by atoms with Gasteiger partial charge in [-0.2, -0.15) is 0 Å². The molecule has 1 aromatic rings. The summed E-state index contributed by atoms with van der Waals surface area (Å²) in [5, 5.41) is 12.1. The van der Waals surface area contributed by atoms with Crippen molar-refractivity contribution in [1.29, 1.82) is 0 Å². The number of hydrogen-bond acceptors (Lipinski definition) is 3. The van der Waals surface area contributed by atoms with Gasteiger partial charge in [0.2, 0.25) is 0 Å². The highest BCUT2D eigenvalue weighted by atomic mass is 79.9. The zero-order valence-corrected chi connectivity index (χ0v) is 12.0. The largest absolute Gasteiger partial charge is 0.478 e. The van der Waals surface area contributed by atoms with Gasteiger partial charge in [-0.3, -0.25) is 0 Å². The van der Waals surface area contributed by atoms with E-state index in [2.05, 4.69) is 21.2 Å². The second kappa shape index (κ2) is 8.11. The van der Waals surface area contributed by atoms with E-state index in [1.54, 1.807) is 25.3 Å². The molecule has 0 unspecified atom stereocenters. The Morgan fingerprint density at radius 2 is 2.17 bits per heavy atom. The molecule has 0 saturated carbocycles. The molecule has 1 aromatic carbocycles. The van der Waals surface area contributed by atoms with Crippen molar-refractivity contribution in [1.82, 2.24) is 0 Å². The lowest BCUT2D eigenvalue weighted by Crippen LogP contribution is -2.04. The van der Waals surface area contributed by atoms with Crippen LogP contribution in [0.3, 0.4) is 0 Å². The fraction of sp³-hybridized carbons (Fsp3) is 0.462. The van der Waals surface area contributed by atoms with E-state index in [0.717, 1.165) is 42.6 Å². The minimum atomic E-state index is -0.915. The lowest BCUT2D eigenvalue weighted by atomic mass is 10.2. The quantitative estimate of drug-likeness (QED) is 0.722. The van der Waals surface area contributed by atoms with Crippen LogP contribution in [0.2, 0.25) is 0 Å². The van der Waals surface area contributed by atoms with Gasteiger partial charge in [0.15, 0.2) is 0 Å². The number of aromatic carboxylic acids is 1. The maximum Gasteiger partial charge on any atom is 0.335 e. The van der Waals surface area contributed by atoms with Gasteiger partial charge in [0.25, 0.3) is 0 Å². The number of benzene rings is 1. The van der Waals surface area contributed by atoms with E-state index in [1.165, 1.54) is 0 Å². The van der Waals surface area contributed by atoms with Crippen LogP contribution in [0.5, 0.6) is 0 Å². The van der Waals surface area contributed by atoms with E-state index in [0.29, 0.717) is 0 Å². The third kappa shape index (κ3) is 5.06. The first-order valence-electron chi connectivity index (χ1n) is 5.91. The summed E-state index contributed by atoms with van der Waals surface area (Å²) in [7, 11) is 1.71. The Labute approximate surface area is 115 Å². The van der Waals surface area contributed by atoms with Crippen LogP contribution in [0.1, 0.15) is 29.6 Å². The maximum absolute atomic E-state index is 10.8. The average molecular weight is 316 g/mol. The van der Waals surface area contributed by atoms with Gasteiger partial charge in [0, 0.05) is 30.4 Å². The first-order chi connectivity index (χ1) is 8.65. The molecule has 100 valence electrons. The number of anilines is 1. The van der Waals surface area contributed by atoms with E-state index in [-0.39, 0.29) is 5.56 Å². The highest BCUT2D eigenvalue weighted by molar-refractivity contribution is 9.10. The van der Waals surface area contributed by atoms with Gasteiger partial charge in [-0.25, -0.2) is 4.79 Å². The maximum atomic E-state index is 10.8. The number of halogens is 1. The van der Waals surface area contributed by atoms with Crippen LogP contribution >= 0.6 is 15.9 Å². The zero-order chi connectivity index (χ0) is 13.4. The fourth-order valence-corrected chi connectivity index (χ4v) is 2.08. The summed E-state index contributed by atoms with van der Waals surface area (Å²) in [6.07, 6.45) is 3.25. The topological polar surface area (TPSA) is 58.6 Å². The van der Waals surface area contributed by atoms with Crippen molar-refractivity contribution in [2.24, 2.45) is 0 Å². The second-order valence-electron chi connectivity index (χ2n) is 3.98. The molecule has 0 aliphatic carbocycles. The molecular formula is C13H18BrNO3. The van der Waals surface area contributed by atoms with Crippen molar-refractivity contribution in [3.63, 3.8) is 0 Å². The summed E-state index contributed by atoms with van der Waals surface area (Å²) in [6.45, 7) is 1.67. The van der Waals surface area contributed by atoms with Gasteiger partial charge in [-0.15, -0.1) is 0 Å². The predicted octanol–water partition coefficient (Wildman–Crippen LogP) is 3.38. The molecule has 0 spiro atoms. The molecular weight excluding hydrogens is 298 g/mol. The summed E-state index contributed by atoms with van der Waals surface area (Å²) in [5.41, 5.74) is 1.21. The van der Waals surface area contributed by atoms with E-state index in [4.69, 9.17) is 9.84 Å². The van der Waals surface area contributed by atoms with Crippen molar-refractivity contribution >= 4 is 27.6 Å². The average Bonchev–Trinajstić information content (AvgIpc) is 2.35. The molecule has 0 radical (unpaired) electrons. The van der Waals surface area contributed by atoms with E-state index in [1.807, 2.05) is 0 Å². The van der Waals surface area contributed by atoms with Crippen LogP contribution < -0.4 is 5.32 Å². The number of carboxylic acid groups (broad SMARTS) is 1. The van der Waals surface area contributed by atoms with Gasteiger partial charge >= 0.3 is 5.97 Å². The standard InChI is InChI=1S/C13H18BrNO3/c1-18-8-4-2-3-7-15-12-6-5-10(13(16)17)9-11(12)14/h5-6,9,15H,2-4,7-8H2,1H3,(H,16,17). The lowest BCUT2D eigenvalue weighted by molar-refractivity contribution is 0.0697. The second-order valence-corrected chi connectivity index (χ2v) is 4.83. The number of carboxylic acids is 1. The van der Waals surface area contributed by atoms with Gasteiger partial charge in [-0.05, 0) is 53.4 Å². The van der Waals surface area contributed by atoms with E-state index < -0.39 is 5.97 Å². The summed E-state index contributed by atoms with van der Waals surface area (Å²) in [6, 6.07) is 4.98.